The van der Waals surface area contributed by atoms with Crippen molar-refractivity contribution in [2.45, 2.75) is 37.6 Å². The van der Waals surface area contributed by atoms with Crippen LogP contribution in [0, 0.1) is 5.82 Å². The summed E-state index contributed by atoms with van der Waals surface area (Å²) in [5.74, 6) is -2.53. The quantitative estimate of drug-likeness (QED) is 0.499. The SMILES string of the molecule is O=C(Cc1ccc(Cl)cc1)C(=O)N1CCC2(CC1)OCc1cc(C(F)(F)F)c(F)cc12. The molecule has 0 aromatic heterocycles. The van der Waals surface area contributed by atoms with E-state index in [1.807, 2.05) is 0 Å². The number of likely N-dealkylation sites (tertiary alicyclic amines) is 1. The Morgan fingerprint density at radius 2 is 1.74 bits per heavy atom. The van der Waals surface area contributed by atoms with Gasteiger partial charge in [0.05, 0.1) is 17.8 Å². The number of fused-ring (bicyclic) bond motifs is 2. The van der Waals surface area contributed by atoms with E-state index in [1.54, 1.807) is 24.3 Å². The number of halogens is 5. The molecule has 2 aliphatic heterocycles. The van der Waals surface area contributed by atoms with E-state index in [-0.39, 0.29) is 39.0 Å². The number of ketones is 1. The van der Waals surface area contributed by atoms with Crippen LogP contribution in [0.25, 0.3) is 0 Å². The van der Waals surface area contributed by atoms with E-state index < -0.39 is 34.8 Å². The van der Waals surface area contributed by atoms with Gasteiger partial charge in [-0.15, -0.1) is 0 Å². The highest BCUT2D eigenvalue weighted by Gasteiger charge is 2.46. The van der Waals surface area contributed by atoms with Crippen molar-refractivity contribution in [3.05, 3.63) is 69.5 Å². The summed E-state index contributed by atoms with van der Waals surface area (Å²) in [4.78, 5) is 26.3. The Morgan fingerprint density at radius 3 is 2.35 bits per heavy atom. The van der Waals surface area contributed by atoms with Crippen LogP contribution in [0.4, 0.5) is 17.6 Å². The summed E-state index contributed by atoms with van der Waals surface area (Å²) in [6, 6.07) is 8.31. The minimum atomic E-state index is -4.78. The highest BCUT2D eigenvalue weighted by Crippen LogP contribution is 2.46. The molecule has 4 rings (SSSR count). The maximum absolute atomic E-state index is 14.1. The second-order valence-electron chi connectivity index (χ2n) is 7.79. The number of alkyl halides is 3. The molecular weight excluding hydrogens is 438 g/mol. The molecule has 2 heterocycles. The molecule has 0 saturated carbocycles. The topological polar surface area (TPSA) is 46.6 Å². The lowest BCUT2D eigenvalue weighted by Crippen LogP contribution is -2.47. The minimum absolute atomic E-state index is 0.0532. The molecule has 0 unspecified atom stereocenters. The summed E-state index contributed by atoms with van der Waals surface area (Å²) in [6.45, 7) is 0.322. The second-order valence-corrected chi connectivity index (χ2v) is 8.22. The van der Waals surface area contributed by atoms with E-state index in [9.17, 15) is 27.2 Å². The fourth-order valence-electron chi connectivity index (χ4n) is 4.20. The standard InChI is InChI=1S/C22H18ClF4NO3/c23-15-3-1-13(2-4-15)9-19(29)20(30)28-7-5-21(6-8-28)16-11-18(24)17(22(25,26)27)10-14(16)12-31-21/h1-4,10-11H,5-9,12H2. The summed E-state index contributed by atoms with van der Waals surface area (Å²) < 4.78 is 58.9. The van der Waals surface area contributed by atoms with Gasteiger partial charge in [-0.05, 0) is 53.8 Å². The van der Waals surface area contributed by atoms with Crippen LogP contribution >= 0.6 is 11.6 Å². The monoisotopic (exact) mass is 455 g/mol. The van der Waals surface area contributed by atoms with Crippen molar-refractivity contribution in [1.82, 2.24) is 4.90 Å². The average Bonchev–Trinajstić information content (AvgIpc) is 3.05. The van der Waals surface area contributed by atoms with Crippen molar-refractivity contribution in [2.24, 2.45) is 0 Å². The largest absolute Gasteiger partial charge is 0.419 e. The summed E-state index contributed by atoms with van der Waals surface area (Å²) in [7, 11) is 0. The van der Waals surface area contributed by atoms with Gasteiger partial charge in [-0.3, -0.25) is 9.59 Å². The van der Waals surface area contributed by atoms with Gasteiger partial charge in [0.1, 0.15) is 5.82 Å². The molecule has 0 bridgehead atoms. The predicted molar refractivity (Wildman–Crippen MR) is 104 cm³/mol. The van der Waals surface area contributed by atoms with Crippen LogP contribution in [0.15, 0.2) is 36.4 Å². The van der Waals surface area contributed by atoms with E-state index in [1.165, 1.54) is 4.90 Å². The number of ether oxygens (including phenoxy) is 1. The van der Waals surface area contributed by atoms with Crippen molar-refractivity contribution >= 4 is 23.3 Å². The molecule has 164 valence electrons. The Labute approximate surface area is 180 Å². The molecule has 2 aromatic carbocycles. The predicted octanol–water partition coefficient (Wildman–Crippen LogP) is 4.66. The van der Waals surface area contributed by atoms with Crippen molar-refractivity contribution in [3.63, 3.8) is 0 Å². The van der Waals surface area contributed by atoms with E-state index in [4.69, 9.17) is 16.3 Å². The van der Waals surface area contributed by atoms with Gasteiger partial charge >= 0.3 is 6.18 Å². The number of amides is 1. The first-order valence-corrected chi connectivity index (χ1v) is 10.1. The molecule has 4 nitrogen and oxygen atoms in total. The van der Waals surface area contributed by atoms with Crippen LogP contribution in [0.5, 0.6) is 0 Å². The summed E-state index contributed by atoms with van der Waals surface area (Å²) in [5, 5.41) is 0.527. The van der Waals surface area contributed by atoms with Gasteiger partial charge in [0, 0.05) is 24.5 Å². The third-order valence-electron chi connectivity index (χ3n) is 5.87. The maximum Gasteiger partial charge on any atom is 0.419 e. The van der Waals surface area contributed by atoms with Crippen LogP contribution < -0.4 is 0 Å². The number of rotatable bonds is 3. The number of piperidine rings is 1. The van der Waals surface area contributed by atoms with E-state index in [0.29, 0.717) is 21.7 Å². The lowest BCUT2D eigenvalue weighted by Gasteiger charge is -2.39. The summed E-state index contributed by atoms with van der Waals surface area (Å²) in [5.41, 5.74) is -0.909. The van der Waals surface area contributed by atoms with Gasteiger partial charge in [0.25, 0.3) is 5.91 Å². The van der Waals surface area contributed by atoms with Crippen LogP contribution in [-0.4, -0.2) is 29.7 Å². The number of benzene rings is 2. The lowest BCUT2D eigenvalue weighted by molar-refractivity contribution is -0.148. The first-order chi connectivity index (χ1) is 14.6. The van der Waals surface area contributed by atoms with Crippen molar-refractivity contribution in [2.75, 3.05) is 13.1 Å². The smallest absolute Gasteiger partial charge is 0.365 e. The van der Waals surface area contributed by atoms with Gasteiger partial charge in [-0.1, -0.05) is 23.7 Å². The number of carbonyl (C=O) groups excluding carboxylic acids is 2. The molecular formula is C22H18ClF4NO3. The van der Waals surface area contributed by atoms with Crippen molar-refractivity contribution in [1.29, 1.82) is 0 Å². The third kappa shape index (κ3) is 4.19. The Hall–Kier alpha value is -2.45. The lowest BCUT2D eigenvalue weighted by atomic mass is 9.83. The molecule has 1 saturated heterocycles. The van der Waals surface area contributed by atoms with E-state index in [2.05, 4.69) is 0 Å². The number of hydrogen-bond donors (Lipinski definition) is 0. The van der Waals surface area contributed by atoms with Crippen molar-refractivity contribution in [3.8, 4) is 0 Å². The van der Waals surface area contributed by atoms with Gasteiger partial charge in [-0.25, -0.2) is 4.39 Å². The first-order valence-electron chi connectivity index (χ1n) is 9.70. The first kappa shape index (κ1) is 21.8. The highest BCUT2D eigenvalue weighted by atomic mass is 35.5. The fourth-order valence-corrected chi connectivity index (χ4v) is 4.32. The number of carbonyl (C=O) groups is 2. The Morgan fingerprint density at radius 1 is 1.10 bits per heavy atom. The molecule has 0 aliphatic carbocycles. The molecule has 0 atom stereocenters. The summed E-state index contributed by atoms with van der Waals surface area (Å²) in [6.07, 6.45) is -4.30. The number of hydrogen-bond acceptors (Lipinski definition) is 3. The molecule has 31 heavy (non-hydrogen) atoms. The Balaban J connectivity index is 1.44. The zero-order valence-corrected chi connectivity index (χ0v) is 17.0. The zero-order valence-electron chi connectivity index (χ0n) is 16.3. The molecule has 0 radical (unpaired) electrons. The molecule has 1 fully saturated rings. The number of Topliss-reactive ketones (excluding diaryl/α,β-unsaturated/α-hetero) is 1. The van der Waals surface area contributed by atoms with Crippen LogP contribution in [-0.2, 0) is 39.1 Å². The highest BCUT2D eigenvalue weighted by molar-refractivity contribution is 6.36. The van der Waals surface area contributed by atoms with Crippen LogP contribution in [0.3, 0.4) is 0 Å². The average molecular weight is 456 g/mol. The van der Waals surface area contributed by atoms with Gasteiger partial charge < -0.3 is 9.64 Å². The maximum atomic E-state index is 14.1. The summed E-state index contributed by atoms with van der Waals surface area (Å²) >= 11 is 5.82. The second kappa shape index (κ2) is 7.91. The van der Waals surface area contributed by atoms with Crippen LogP contribution in [0.1, 0.15) is 35.1 Å². The Bertz CT molecular complexity index is 1030. The van der Waals surface area contributed by atoms with Gasteiger partial charge in [-0.2, -0.15) is 13.2 Å². The molecule has 2 aliphatic rings. The van der Waals surface area contributed by atoms with Crippen LogP contribution in [0.2, 0.25) is 5.02 Å². The molecule has 2 aromatic rings. The number of nitrogens with zero attached hydrogens (tertiary/aromatic N) is 1. The minimum Gasteiger partial charge on any atom is -0.365 e. The van der Waals surface area contributed by atoms with Gasteiger partial charge in [0.15, 0.2) is 0 Å². The molecule has 1 spiro atoms. The third-order valence-corrected chi connectivity index (χ3v) is 6.12. The zero-order chi connectivity index (χ0) is 22.4. The molecule has 1 amide bonds. The van der Waals surface area contributed by atoms with E-state index >= 15 is 0 Å². The van der Waals surface area contributed by atoms with Gasteiger partial charge in [0.2, 0.25) is 5.78 Å². The fraction of sp³-hybridized carbons (Fsp3) is 0.364. The Kier molecular flexibility index (Phi) is 5.55. The van der Waals surface area contributed by atoms with E-state index in [0.717, 1.165) is 12.1 Å². The molecule has 0 N–H and O–H groups in total. The van der Waals surface area contributed by atoms with Crippen molar-refractivity contribution < 1.29 is 31.9 Å². The normalized spacial score (nSPS) is 17.6. The molecule has 9 heteroatoms.